The van der Waals surface area contributed by atoms with Gasteiger partial charge in [-0.25, -0.2) is 4.68 Å². The van der Waals surface area contributed by atoms with Gasteiger partial charge in [-0.3, -0.25) is 19.3 Å². The predicted octanol–water partition coefficient (Wildman–Crippen LogP) is 4.10. The van der Waals surface area contributed by atoms with Crippen molar-refractivity contribution in [2.24, 2.45) is 0 Å². The zero-order valence-corrected chi connectivity index (χ0v) is 17.5. The third-order valence-electron chi connectivity index (χ3n) is 5.38. The van der Waals surface area contributed by atoms with Crippen LogP contribution in [-0.2, 0) is 22.3 Å². The molecule has 0 bridgehead atoms. The maximum absolute atomic E-state index is 13.0. The summed E-state index contributed by atoms with van der Waals surface area (Å²) in [6.07, 6.45) is -2.75. The molecule has 2 aromatic carbocycles. The Hall–Kier alpha value is -3.95. The van der Waals surface area contributed by atoms with Crippen molar-refractivity contribution in [3.05, 3.63) is 77.1 Å². The van der Waals surface area contributed by atoms with Crippen LogP contribution in [0.15, 0.2) is 54.7 Å². The van der Waals surface area contributed by atoms with Crippen LogP contribution in [0.1, 0.15) is 40.0 Å². The van der Waals surface area contributed by atoms with Crippen molar-refractivity contribution in [3.8, 4) is 5.69 Å². The minimum Gasteiger partial charge on any atom is -0.322 e. The first-order valence-electron chi connectivity index (χ1n) is 10.1. The van der Waals surface area contributed by atoms with Crippen molar-refractivity contribution in [1.29, 1.82) is 0 Å². The Kier molecular flexibility index (Phi) is 5.75. The van der Waals surface area contributed by atoms with Gasteiger partial charge in [0.2, 0.25) is 11.8 Å². The Morgan fingerprint density at radius 3 is 2.36 bits per heavy atom. The number of nitrogens with zero attached hydrogens (tertiary/aromatic N) is 3. The number of halogens is 3. The summed E-state index contributed by atoms with van der Waals surface area (Å²) in [5, 5.41) is 6.79. The highest BCUT2D eigenvalue weighted by Crippen LogP contribution is 2.30. The minimum absolute atomic E-state index is 0.175. The van der Waals surface area contributed by atoms with E-state index in [1.807, 2.05) is 0 Å². The Balaban J connectivity index is 1.47. The van der Waals surface area contributed by atoms with Crippen molar-refractivity contribution in [2.45, 2.75) is 32.5 Å². The number of imide groups is 1. The van der Waals surface area contributed by atoms with Crippen molar-refractivity contribution in [3.63, 3.8) is 0 Å². The van der Waals surface area contributed by atoms with Crippen LogP contribution in [0.25, 0.3) is 5.69 Å². The van der Waals surface area contributed by atoms with E-state index in [0.29, 0.717) is 11.4 Å². The molecule has 1 aliphatic rings. The SMILES string of the molecule is Cc1c(C(=O)Nc2ccc(CN3C(=O)CCC3=O)cc2)cnn1-c1cccc(C(F)(F)F)c1. The highest BCUT2D eigenvalue weighted by atomic mass is 19.4. The summed E-state index contributed by atoms with van der Waals surface area (Å²) < 4.78 is 40.3. The number of likely N-dealkylation sites (tertiary alicyclic amines) is 1. The minimum atomic E-state index is -4.49. The number of nitrogens with one attached hydrogen (secondary N) is 1. The molecule has 170 valence electrons. The van der Waals surface area contributed by atoms with Crippen LogP contribution < -0.4 is 5.32 Å². The number of rotatable bonds is 5. The zero-order valence-electron chi connectivity index (χ0n) is 17.5. The largest absolute Gasteiger partial charge is 0.416 e. The highest BCUT2D eigenvalue weighted by Gasteiger charge is 2.31. The second-order valence-corrected chi connectivity index (χ2v) is 7.63. The number of amides is 3. The molecule has 0 radical (unpaired) electrons. The van der Waals surface area contributed by atoms with E-state index in [1.54, 1.807) is 31.2 Å². The van der Waals surface area contributed by atoms with E-state index < -0.39 is 17.6 Å². The number of hydrogen-bond donors (Lipinski definition) is 1. The quantitative estimate of drug-likeness (QED) is 0.586. The molecule has 33 heavy (non-hydrogen) atoms. The number of anilines is 1. The summed E-state index contributed by atoms with van der Waals surface area (Å²) in [6, 6.07) is 11.4. The molecular formula is C23H19F3N4O3. The topological polar surface area (TPSA) is 84.3 Å². The summed E-state index contributed by atoms with van der Waals surface area (Å²) in [6.45, 7) is 1.77. The van der Waals surface area contributed by atoms with E-state index >= 15 is 0 Å². The molecule has 1 aliphatic heterocycles. The molecule has 3 amide bonds. The number of alkyl halides is 3. The standard InChI is InChI=1S/C23H19F3N4O3/c1-14-19(12-27-30(14)18-4-2-3-16(11-18)23(24,25)26)22(33)28-17-7-5-15(6-8-17)13-29-20(31)9-10-21(29)32/h2-8,11-12H,9-10,13H2,1H3,(H,28,33). The Morgan fingerprint density at radius 1 is 1.06 bits per heavy atom. The maximum Gasteiger partial charge on any atom is 0.416 e. The van der Waals surface area contributed by atoms with Gasteiger partial charge in [0.1, 0.15) is 0 Å². The Morgan fingerprint density at radius 2 is 1.73 bits per heavy atom. The number of carbonyl (C=O) groups excluding carboxylic acids is 3. The van der Waals surface area contributed by atoms with Gasteiger partial charge in [0, 0.05) is 18.5 Å². The van der Waals surface area contributed by atoms with E-state index in [-0.39, 0.29) is 42.5 Å². The average Bonchev–Trinajstić information content (AvgIpc) is 3.31. The molecule has 0 saturated carbocycles. The molecule has 1 aromatic heterocycles. The van der Waals surface area contributed by atoms with Gasteiger partial charge in [-0.1, -0.05) is 18.2 Å². The van der Waals surface area contributed by atoms with Crippen molar-refractivity contribution < 1.29 is 27.6 Å². The van der Waals surface area contributed by atoms with Crippen molar-refractivity contribution in [2.75, 3.05) is 5.32 Å². The zero-order chi connectivity index (χ0) is 23.8. The first kappa shape index (κ1) is 22.3. The molecule has 4 rings (SSSR count). The summed E-state index contributed by atoms with van der Waals surface area (Å²) in [4.78, 5) is 37.4. The van der Waals surface area contributed by atoms with Crippen LogP contribution in [0.3, 0.4) is 0 Å². The highest BCUT2D eigenvalue weighted by molar-refractivity contribution is 6.05. The van der Waals surface area contributed by atoms with E-state index in [9.17, 15) is 27.6 Å². The third kappa shape index (κ3) is 4.64. The summed E-state index contributed by atoms with van der Waals surface area (Å²) in [7, 11) is 0. The fourth-order valence-electron chi connectivity index (χ4n) is 3.58. The van der Waals surface area contributed by atoms with Crippen molar-refractivity contribution in [1.82, 2.24) is 14.7 Å². The molecule has 3 aromatic rings. The molecule has 0 atom stereocenters. The fourth-order valence-corrected chi connectivity index (χ4v) is 3.58. The van der Waals surface area contributed by atoms with Gasteiger partial charge in [0.25, 0.3) is 5.91 Å². The predicted molar refractivity (Wildman–Crippen MR) is 112 cm³/mol. The lowest BCUT2D eigenvalue weighted by atomic mass is 10.1. The number of carbonyl (C=O) groups is 3. The van der Waals surface area contributed by atoms with Crippen LogP contribution in [0.5, 0.6) is 0 Å². The normalized spacial score (nSPS) is 14.1. The summed E-state index contributed by atoms with van der Waals surface area (Å²) >= 11 is 0. The third-order valence-corrected chi connectivity index (χ3v) is 5.38. The van der Waals surface area contributed by atoms with Gasteiger partial charge in [0.15, 0.2) is 0 Å². The summed E-state index contributed by atoms with van der Waals surface area (Å²) in [5.74, 6) is -0.875. The first-order chi connectivity index (χ1) is 15.6. The molecule has 0 aliphatic carbocycles. The molecule has 1 saturated heterocycles. The second-order valence-electron chi connectivity index (χ2n) is 7.63. The lowest BCUT2D eigenvalue weighted by Gasteiger charge is -2.14. The fraction of sp³-hybridized carbons (Fsp3) is 0.217. The summed E-state index contributed by atoms with van der Waals surface area (Å²) in [5.41, 5.74) is 1.20. The molecule has 1 fully saturated rings. The van der Waals surface area contributed by atoms with Gasteiger partial charge >= 0.3 is 6.18 Å². The Bertz CT molecular complexity index is 1220. The first-order valence-corrected chi connectivity index (χ1v) is 10.1. The molecule has 1 N–H and O–H groups in total. The van der Waals surface area contributed by atoms with E-state index in [1.165, 1.54) is 27.9 Å². The van der Waals surface area contributed by atoms with Gasteiger partial charge in [0.05, 0.1) is 35.2 Å². The molecule has 2 heterocycles. The molecule has 7 nitrogen and oxygen atoms in total. The smallest absolute Gasteiger partial charge is 0.322 e. The van der Waals surface area contributed by atoms with E-state index in [4.69, 9.17) is 0 Å². The van der Waals surface area contributed by atoms with Gasteiger partial charge in [-0.05, 0) is 42.8 Å². The van der Waals surface area contributed by atoms with Crippen molar-refractivity contribution >= 4 is 23.4 Å². The molecular weight excluding hydrogens is 437 g/mol. The van der Waals surface area contributed by atoms with E-state index in [2.05, 4.69) is 10.4 Å². The average molecular weight is 456 g/mol. The van der Waals surface area contributed by atoms with Crippen LogP contribution in [0.4, 0.5) is 18.9 Å². The van der Waals surface area contributed by atoms with Gasteiger partial charge in [-0.2, -0.15) is 18.3 Å². The number of benzene rings is 2. The van der Waals surface area contributed by atoms with Crippen LogP contribution in [0.2, 0.25) is 0 Å². The van der Waals surface area contributed by atoms with Crippen LogP contribution in [0, 0.1) is 6.92 Å². The van der Waals surface area contributed by atoms with Gasteiger partial charge in [-0.15, -0.1) is 0 Å². The lowest BCUT2D eigenvalue weighted by Crippen LogP contribution is -2.28. The lowest BCUT2D eigenvalue weighted by molar-refractivity contribution is -0.139. The second kappa shape index (κ2) is 8.53. The molecule has 0 spiro atoms. The number of hydrogen-bond acceptors (Lipinski definition) is 4. The Labute approximate surface area is 186 Å². The van der Waals surface area contributed by atoms with Gasteiger partial charge < -0.3 is 5.32 Å². The molecule has 10 heteroatoms. The molecule has 0 unspecified atom stereocenters. The maximum atomic E-state index is 13.0. The van der Waals surface area contributed by atoms with E-state index in [0.717, 1.165) is 17.7 Å². The monoisotopic (exact) mass is 456 g/mol. The van der Waals surface area contributed by atoms with Crippen LogP contribution >= 0.6 is 0 Å². The number of aromatic nitrogens is 2. The van der Waals surface area contributed by atoms with Crippen LogP contribution in [-0.4, -0.2) is 32.4 Å².